The summed E-state index contributed by atoms with van der Waals surface area (Å²) in [4.78, 5) is 29.4. The molecule has 4 fully saturated rings. The van der Waals surface area contributed by atoms with Gasteiger partial charge in [-0.05, 0) is 43.9 Å². The molecule has 0 aromatic carbocycles. The van der Waals surface area contributed by atoms with Crippen LogP contribution >= 0.6 is 0 Å². The van der Waals surface area contributed by atoms with Crippen LogP contribution < -0.4 is 0 Å². The number of esters is 1. The number of hydrogen-bond acceptors (Lipinski definition) is 4. The molecular formula is C20H32N2O3. The number of carbonyl (C=O) groups excluding carboxylic acids is 2. The number of amides is 1. The quantitative estimate of drug-likeness (QED) is 0.735. The second kappa shape index (κ2) is 6.90. The smallest absolute Gasteiger partial charge is 0.308 e. The van der Waals surface area contributed by atoms with Crippen LogP contribution in [-0.2, 0) is 14.3 Å². The average Bonchev–Trinajstić information content (AvgIpc) is 2.62. The Kier molecular flexibility index (Phi) is 4.78. The van der Waals surface area contributed by atoms with Gasteiger partial charge in [-0.1, -0.05) is 13.8 Å². The maximum atomic E-state index is 12.4. The van der Waals surface area contributed by atoms with E-state index in [4.69, 9.17) is 4.74 Å². The number of hydrogen-bond donors (Lipinski definition) is 0. The fraction of sp³-hybridized carbons (Fsp3) is 0.900. The predicted molar refractivity (Wildman–Crippen MR) is 94.9 cm³/mol. The van der Waals surface area contributed by atoms with Gasteiger partial charge in [0.1, 0.15) is 6.10 Å². The molecule has 0 radical (unpaired) electrons. The Hall–Kier alpha value is -1.10. The molecule has 0 saturated carbocycles. The van der Waals surface area contributed by atoms with Crippen LogP contribution in [0.4, 0.5) is 0 Å². The summed E-state index contributed by atoms with van der Waals surface area (Å²) in [7, 11) is 0. The van der Waals surface area contributed by atoms with Gasteiger partial charge in [-0.15, -0.1) is 0 Å². The lowest BCUT2D eigenvalue weighted by Crippen LogP contribution is -2.65. The van der Waals surface area contributed by atoms with Crippen molar-refractivity contribution in [2.45, 2.75) is 77.0 Å². The first-order chi connectivity index (χ1) is 12.1. The molecule has 4 saturated heterocycles. The van der Waals surface area contributed by atoms with E-state index in [9.17, 15) is 9.59 Å². The highest BCUT2D eigenvalue weighted by molar-refractivity contribution is 5.77. The number of nitrogens with zero attached hydrogens (tertiary/aromatic N) is 2. The molecule has 4 aliphatic heterocycles. The van der Waals surface area contributed by atoms with Gasteiger partial charge in [-0.25, -0.2) is 0 Å². The van der Waals surface area contributed by atoms with Crippen molar-refractivity contribution in [1.82, 2.24) is 9.80 Å². The second-order valence-corrected chi connectivity index (χ2v) is 8.72. The fourth-order valence-electron chi connectivity index (χ4n) is 5.61. The molecule has 0 aromatic heterocycles. The van der Waals surface area contributed by atoms with Gasteiger partial charge in [0, 0.05) is 44.6 Å². The lowest BCUT2D eigenvalue weighted by Gasteiger charge is -2.57. The molecule has 4 aliphatic rings. The largest absolute Gasteiger partial charge is 0.462 e. The van der Waals surface area contributed by atoms with Crippen LogP contribution in [0.25, 0.3) is 0 Å². The molecule has 4 rings (SSSR count). The summed E-state index contributed by atoms with van der Waals surface area (Å²) in [5, 5.41) is 0. The van der Waals surface area contributed by atoms with Crippen molar-refractivity contribution in [2.75, 3.05) is 19.6 Å². The topological polar surface area (TPSA) is 49.9 Å². The Bertz CT molecular complexity index is 537. The predicted octanol–water partition coefficient (Wildman–Crippen LogP) is 2.44. The standard InChI is InChI=1S/C20H32N2O3/c1-3-13(2)20(24)25-16-7-8-21-11-14-9-15(18(21)10-16)12-22-17(14)5-4-6-19(22)23/h13-18H,3-12H2,1-2H3/t13?,14-,15+,16?,17?,18?/m1/s1. The van der Waals surface area contributed by atoms with E-state index in [1.54, 1.807) is 0 Å². The molecule has 25 heavy (non-hydrogen) atoms. The van der Waals surface area contributed by atoms with Crippen LogP contribution in [0.3, 0.4) is 0 Å². The molecular weight excluding hydrogens is 316 g/mol. The normalized spacial score (nSPS) is 39.4. The Morgan fingerprint density at radius 2 is 2.00 bits per heavy atom. The highest BCUT2D eigenvalue weighted by Gasteiger charge is 2.49. The van der Waals surface area contributed by atoms with E-state index in [1.165, 1.54) is 12.8 Å². The Balaban J connectivity index is 1.43. The molecule has 4 unspecified atom stereocenters. The minimum atomic E-state index is -0.0375. The van der Waals surface area contributed by atoms with Gasteiger partial charge in [0.25, 0.3) is 0 Å². The van der Waals surface area contributed by atoms with Crippen LogP contribution in [0.2, 0.25) is 0 Å². The minimum absolute atomic E-state index is 0.00447. The van der Waals surface area contributed by atoms with E-state index in [-0.39, 0.29) is 18.0 Å². The van der Waals surface area contributed by atoms with Gasteiger partial charge >= 0.3 is 5.97 Å². The number of fused-ring (bicyclic) bond motifs is 6. The van der Waals surface area contributed by atoms with E-state index < -0.39 is 0 Å². The molecule has 1 amide bonds. The monoisotopic (exact) mass is 348 g/mol. The van der Waals surface area contributed by atoms with Gasteiger partial charge in [-0.3, -0.25) is 14.5 Å². The van der Waals surface area contributed by atoms with E-state index in [0.29, 0.717) is 29.8 Å². The molecule has 0 aromatic rings. The molecule has 4 heterocycles. The van der Waals surface area contributed by atoms with Gasteiger partial charge in [0.05, 0.1) is 5.92 Å². The van der Waals surface area contributed by atoms with Gasteiger partial charge in [-0.2, -0.15) is 0 Å². The lowest BCUT2D eigenvalue weighted by atomic mass is 9.70. The van der Waals surface area contributed by atoms with Crippen LogP contribution in [0.15, 0.2) is 0 Å². The maximum Gasteiger partial charge on any atom is 0.308 e. The van der Waals surface area contributed by atoms with Gasteiger partial charge < -0.3 is 9.64 Å². The number of rotatable bonds is 3. The Morgan fingerprint density at radius 3 is 2.80 bits per heavy atom. The Labute approximate surface area is 151 Å². The summed E-state index contributed by atoms with van der Waals surface area (Å²) in [6.07, 6.45) is 7.06. The third-order valence-corrected chi connectivity index (χ3v) is 7.21. The molecule has 5 nitrogen and oxygen atoms in total. The SMILES string of the molecule is CCC(C)C(=O)OC1CCN2C[C@H]3C[C@@H](CN4C(=O)CCCC34)C2C1. The first-order valence-corrected chi connectivity index (χ1v) is 10.3. The van der Waals surface area contributed by atoms with E-state index in [1.807, 2.05) is 13.8 Å². The van der Waals surface area contributed by atoms with E-state index >= 15 is 0 Å². The molecule has 6 atom stereocenters. The lowest BCUT2D eigenvalue weighted by molar-refractivity contribution is -0.162. The van der Waals surface area contributed by atoms with Crippen molar-refractivity contribution in [2.24, 2.45) is 17.8 Å². The van der Waals surface area contributed by atoms with Crippen molar-refractivity contribution in [3.63, 3.8) is 0 Å². The van der Waals surface area contributed by atoms with E-state index in [0.717, 1.165) is 51.7 Å². The average molecular weight is 348 g/mol. The Morgan fingerprint density at radius 1 is 1.20 bits per heavy atom. The second-order valence-electron chi connectivity index (χ2n) is 8.72. The molecule has 0 N–H and O–H groups in total. The minimum Gasteiger partial charge on any atom is -0.462 e. The molecule has 5 heteroatoms. The van der Waals surface area contributed by atoms with Crippen molar-refractivity contribution >= 4 is 11.9 Å². The third kappa shape index (κ3) is 3.20. The first kappa shape index (κ1) is 17.3. The third-order valence-electron chi connectivity index (χ3n) is 7.21. The summed E-state index contributed by atoms with van der Waals surface area (Å²) in [5.41, 5.74) is 0. The summed E-state index contributed by atoms with van der Waals surface area (Å²) < 4.78 is 5.81. The summed E-state index contributed by atoms with van der Waals surface area (Å²) in [6, 6.07) is 0.967. The summed E-state index contributed by atoms with van der Waals surface area (Å²) >= 11 is 0. The van der Waals surface area contributed by atoms with Crippen LogP contribution in [0, 0.1) is 17.8 Å². The summed E-state index contributed by atoms with van der Waals surface area (Å²) in [5.74, 6) is 1.54. The molecule has 140 valence electrons. The molecule has 0 aliphatic carbocycles. The molecule has 0 spiro atoms. The highest BCUT2D eigenvalue weighted by atomic mass is 16.5. The first-order valence-electron chi connectivity index (χ1n) is 10.3. The molecule has 2 bridgehead atoms. The van der Waals surface area contributed by atoms with Crippen molar-refractivity contribution < 1.29 is 14.3 Å². The number of ether oxygens (including phenoxy) is 1. The fourth-order valence-corrected chi connectivity index (χ4v) is 5.61. The van der Waals surface area contributed by atoms with Gasteiger partial charge in [0.2, 0.25) is 5.91 Å². The number of carbonyl (C=O) groups is 2. The maximum absolute atomic E-state index is 12.4. The zero-order chi connectivity index (χ0) is 17.6. The highest BCUT2D eigenvalue weighted by Crippen LogP contribution is 2.43. The zero-order valence-electron chi connectivity index (χ0n) is 15.7. The van der Waals surface area contributed by atoms with Gasteiger partial charge in [0.15, 0.2) is 0 Å². The van der Waals surface area contributed by atoms with E-state index in [2.05, 4.69) is 9.80 Å². The van der Waals surface area contributed by atoms with Crippen LogP contribution in [-0.4, -0.2) is 59.5 Å². The van der Waals surface area contributed by atoms with Crippen molar-refractivity contribution in [3.05, 3.63) is 0 Å². The van der Waals surface area contributed by atoms with Crippen LogP contribution in [0.5, 0.6) is 0 Å². The van der Waals surface area contributed by atoms with Crippen LogP contribution in [0.1, 0.15) is 58.8 Å². The van der Waals surface area contributed by atoms with Crippen molar-refractivity contribution in [1.29, 1.82) is 0 Å². The summed E-state index contributed by atoms with van der Waals surface area (Å²) in [6.45, 7) is 7.07. The van der Waals surface area contributed by atoms with Crippen molar-refractivity contribution in [3.8, 4) is 0 Å². The zero-order valence-corrected chi connectivity index (χ0v) is 15.7. The number of piperidine rings is 4.